The van der Waals surface area contributed by atoms with Crippen molar-refractivity contribution in [3.63, 3.8) is 0 Å². The number of nitrogens with one attached hydrogen (secondary N) is 1. The van der Waals surface area contributed by atoms with Crippen molar-refractivity contribution in [1.82, 2.24) is 5.32 Å². The Labute approximate surface area is 272 Å². The molecule has 9 nitrogen and oxygen atoms in total. The minimum absolute atomic E-state index is 0.127. The number of anilines is 1. The van der Waals surface area contributed by atoms with E-state index in [-0.39, 0.29) is 24.5 Å². The second-order valence-corrected chi connectivity index (χ2v) is 12.7. The predicted octanol–water partition coefficient (Wildman–Crippen LogP) is 5.13. The summed E-state index contributed by atoms with van der Waals surface area (Å²) in [7, 11) is 0. The second-order valence-electron chi connectivity index (χ2n) is 12.7. The number of ether oxygens (including phenoxy) is 2. The van der Waals surface area contributed by atoms with Gasteiger partial charge < -0.3 is 29.9 Å². The molecule has 3 aromatic carbocycles. The lowest BCUT2D eigenvalue weighted by Crippen LogP contribution is -2.55. The van der Waals surface area contributed by atoms with E-state index in [0.717, 1.165) is 11.1 Å². The molecule has 0 spiro atoms. The molecule has 250 valence electrons. The Morgan fingerprint density at radius 2 is 1.70 bits per heavy atom. The van der Waals surface area contributed by atoms with Crippen LogP contribution >= 0.6 is 0 Å². The molecule has 3 N–H and O–H groups in total. The molecule has 3 aromatic rings. The van der Waals surface area contributed by atoms with Gasteiger partial charge in [-0.25, -0.2) is 13.6 Å². The van der Waals surface area contributed by atoms with Crippen LogP contribution in [0.4, 0.5) is 14.5 Å². The zero-order valence-electron chi connectivity index (χ0n) is 26.4. The van der Waals surface area contributed by atoms with E-state index in [2.05, 4.69) is 5.32 Å². The minimum atomic E-state index is -1.10. The molecule has 0 radical (unpaired) electrons. The van der Waals surface area contributed by atoms with Gasteiger partial charge in [0.1, 0.15) is 29.9 Å². The minimum Gasteiger partial charge on any atom is -0.480 e. The van der Waals surface area contributed by atoms with Crippen LogP contribution in [0.15, 0.2) is 72.8 Å². The molecule has 2 aliphatic rings. The van der Waals surface area contributed by atoms with Crippen molar-refractivity contribution < 1.29 is 42.9 Å². The first-order chi connectivity index (χ1) is 22.5. The van der Waals surface area contributed by atoms with Gasteiger partial charge in [-0.1, -0.05) is 50.2 Å². The number of β-lactam (4-membered cyclic amide) rings is 1. The molecular formula is C36H40F2N2O7. The van der Waals surface area contributed by atoms with Crippen LogP contribution in [0.2, 0.25) is 0 Å². The van der Waals surface area contributed by atoms with Crippen molar-refractivity contribution >= 4 is 23.5 Å². The van der Waals surface area contributed by atoms with Crippen molar-refractivity contribution in [1.29, 1.82) is 0 Å². The van der Waals surface area contributed by atoms with Gasteiger partial charge in [-0.3, -0.25) is 9.59 Å². The van der Waals surface area contributed by atoms with Gasteiger partial charge in [-0.05, 0) is 84.7 Å². The van der Waals surface area contributed by atoms with Crippen LogP contribution in [-0.2, 0) is 30.3 Å². The SMILES string of the molecule is CC(C)C(NC(=O)COC1(CCc2cccc(C3C(CC[C@H](O)c4ccc(F)cc4)C(=O)N3c3ccc(F)cc3)c2)COC1)C(=O)O. The lowest BCUT2D eigenvalue weighted by Gasteiger charge is -2.48. The highest BCUT2D eigenvalue weighted by Crippen LogP contribution is 2.46. The molecule has 2 heterocycles. The largest absolute Gasteiger partial charge is 0.480 e. The van der Waals surface area contributed by atoms with Crippen LogP contribution < -0.4 is 10.2 Å². The summed E-state index contributed by atoms with van der Waals surface area (Å²) >= 11 is 0. The van der Waals surface area contributed by atoms with Crippen LogP contribution in [0.5, 0.6) is 0 Å². The fraction of sp³-hybridized carbons (Fsp3) is 0.417. The maximum absolute atomic E-state index is 13.7. The Bertz CT molecular complexity index is 1560. The third-order valence-corrected chi connectivity index (χ3v) is 8.98. The van der Waals surface area contributed by atoms with Crippen molar-refractivity contribution in [3.8, 4) is 0 Å². The first-order valence-electron chi connectivity index (χ1n) is 15.8. The Morgan fingerprint density at radius 3 is 2.30 bits per heavy atom. The van der Waals surface area contributed by atoms with E-state index in [4.69, 9.17) is 9.47 Å². The average Bonchev–Trinajstić information content (AvgIpc) is 3.02. The number of aryl methyl sites for hydroxylation is 1. The third-order valence-electron chi connectivity index (χ3n) is 8.98. The predicted molar refractivity (Wildman–Crippen MR) is 169 cm³/mol. The molecule has 3 unspecified atom stereocenters. The number of rotatable bonds is 15. The number of hydrogen-bond donors (Lipinski definition) is 3. The molecule has 11 heteroatoms. The molecule has 4 atom stereocenters. The zero-order chi connectivity index (χ0) is 33.7. The van der Waals surface area contributed by atoms with E-state index in [9.17, 15) is 33.4 Å². The highest BCUT2D eigenvalue weighted by molar-refractivity contribution is 6.03. The Balaban J connectivity index is 1.27. The molecule has 0 aliphatic carbocycles. The van der Waals surface area contributed by atoms with Gasteiger partial charge >= 0.3 is 5.97 Å². The standard InChI is InChI=1S/C36H40F2N2O7/c1-22(2)32(35(44)45)39-31(42)19-47-36(20-46-21-36)17-16-23-4-3-5-25(18-23)33-29(14-15-30(41)24-6-8-26(37)9-7-24)34(43)40(33)28-12-10-27(38)11-13-28/h3-13,18,22,29-30,32-33,41H,14-17,19-21H2,1-2H3,(H,39,42)(H,44,45)/t29?,30-,32?,33?/m0/s1. The number of carboxylic acid groups (broad SMARTS) is 1. The quantitative estimate of drug-likeness (QED) is 0.195. The van der Waals surface area contributed by atoms with Gasteiger partial charge in [0.2, 0.25) is 11.8 Å². The summed E-state index contributed by atoms with van der Waals surface area (Å²) < 4.78 is 38.5. The number of carboxylic acids is 1. The number of aliphatic hydroxyl groups excluding tert-OH is 1. The van der Waals surface area contributed by atoms with E-state index >= 15 is 0 Å². The maximum Gasteiger partial charge on any atom is 0.326 e. The molecule has 2 aliphatic heterocycles. The second kappa shape index (κ2) is 14.7. The number of carbonyl (C=O) groups excluding carboxylic acids is 2. The van der Waals surface area contributed by atoms with Gasteiger partial charge in [0.25, 0.3) is 0 Å². The summed E-state index contributed by atoms with van der Waals surface area (Å²) in [6.07, 6.45) is 0.967. The van der Waals surface area contributed by atoms with Crippen LogP contribution in [0.3, 0.4) is 0 Å². The van der Waals surface area contributed by atoms with Crippen LogP contribution in [0.25, 0.3) is 0 Å². The molecule has 0 aromatic heterocycles. The normalized spacial score (nSPS) is 19.9. The summed E-state index contributed by atoms with van der Waals surface area (Å²) in [6, 6.07) is 17.9. The van der Waals surface area contributed by atoms with E-state index in [0.29, 0.717) is 50.1 Å². The summed E-state index contributed by atoms with van der Waals surface area (Å²) in [6.45, 7) is 3.75. The van der Waals surface area contributed by atoms with E-state index < -0.39 is 47.2 Å². The van der Waals surface area contributed by atoms with Crippen molar-refractivity contribution in [3.05, 3.63) is 101 Å². The summed E-state index contributed by atoms with van der Waals surface area (Å²) in [5.41, 5.74) is 2.33. The smallest absolute Gasteiger partial charge is 0.326 e. The maximum atomic E-state index is 13.7. The first kappa shape index (κ1) is 34.2. The Kier molecular flexibility index (Phi) is 10.7. The number of benzene rings is 3. The van der Waals surface area contributed by atoms with Gasteiger partial charge in [-0.15, -0.1) is 0 Å². The zero-order valence-corrected chi connectivity index (χ0v) is 26.4. The van der Waals surface area contributed by atoms with Crippen LogP contribution in [-0.4, -0.2) is 59.5 Å². The third kappa shape index (κ3) is 8.04. The van der Waals surface area contributed by atoms with Gasteiger partial charge in [0, 0.05) is 5.69 Å². The number of aliphatic carboxylic acids is 1. The molecule has 5 rings (SSSR count). The molecule has 2 saturated heterocycles. The monoisotopic (exact) mass is 650 g/mol. The molecule has 0 bridgehead atoms. The average molecular weight is 651 g/mol. The highest BCUT2D eigenvalue weighted by atomic mass is 19.1. The Morgan fingerprint density at radius 1 is 1.04 bits per heavy atom. The number of nitrogens with zero attached hydrogens (tertiary/aromatic N) is 1. The molecule has 47 heavy (non-hydrogen) atoms. The van der Waals surface area contributed by atoms with Crippen molar-refractivity contribution in [2.75, 3.05) is 24.7 Å². The van der Waals surface area contributed by atoms with E-state index in [1.807, 2.05) is 24.3 Å². The number of halogens is 2. The van der Waals surface area contributed by atoms with Crippen LogP contribution in [0, 0.1) is 23.5 Å². The topological polar surface area (TPSA) is 125 Å². The number of aliphatic hydroxyl groups is 1. The number of amides is 2. The van der Waals surface area contributed by atoms with Crippen molar-refractivity contribution in [2.45, 2.75) is 63.3 Å². The molecule has 2 amide bonds. The number of hydrogen-bond acceptors (Lipinski definition) is 6. The Hall–Kier alpha value is -4.19. The highest BCUT2D eigenvalue weighted by Gasteiger charge is 2.48. The van der Waals surface area contributed by atoms with Crippen molar-refractivity contribution in [2.24, 2.45) is 11.8 Å². The molecule has 2 fully saturated rings. The molecule has 0 saturated carbocycles. The van der Waals surface area contributed by atoms with Crippen LogP contribution in [0.1, 0.15) is 61.9 Å². The van der Waals surface area contributed by atoms with Gasteiger partial charge in [0.15, 0.2) is 0 Å². The summed E-state index contributed by atoms with van der Waals surface area (Å²) in [4.78, 5) is 39.1. The lowest BCUT2D eigenvalue weighted by atomic mass is 9.77. The van der Waals surface area contributed by atoms with E-state index in [1.165, 1.54) is 36.4 Å². The first-order valence-corrected chi connectivity index (χ1v) is 15.8. The fourth-order valence-corrected chi connectivity index (χ4v) is 6.17. The van der Waals surface area contributed by atoms with Gasteiger partial charge in [0.05, 0.1) is 31.3 Å². The number of carbonyl (C=O) groups is 3. The fourth-order valence-electron chi connectivity index (χ4n) is 6.17. The summed E-state index contributed by atoms with van der Waals surface area (Å²) in [5.74, 6) is -3.26. The van der Waals surface area contributed by atoms with E-state index in [1.54, 1.807) is 30.9 Å². The lowest BCUT2D eigenvalue weighted by molar-refractivity contribution is -0.212. The molecular weight excluding hydrogens is 610 g/mol. The van der Waals surface area contributed by atoms with Gasteiger partial charge in [-0.2, -0.15) is 0 Å². The summed E-state index contributed by atoms with van der Waals surface area (Å²) in [5, 5.41) is 22.6.